The Labute approximate surface area is 103 Å². The van der Waals surface area contributed by atoms with E-state index >= 15 is 0 Å². The molecule has 0 saturated heterocycles. The second kappa shape index (κ2) is 6.99. The van der Waals surface area contributed by atoms with Crippen LogP contribution < -0.4 is 5.32 Å². The van der Waals surface area contributed by atoms with Gasteiger partial charge in [0.05, 0.1) is 5.51 Å². The Morgan fingerprint density at radius 2 is 2.06 bits per heavy atom. The Morgan fingerprint density at radius 1 is 1.38 bits per heavy atom. The van der Waals surface area contributed by atoms with E-state index in [0.717, 1.165) is 19.6 Å². The molecule has 1 rings (SSSR count). The average Bonchev–Trinajstić information content (AvgIpc) is 2.79. The van der Waals surface area contributed by atoms with E-state index in [2.05, 4.69) is 42.9 Å². The molecule has 0 aliphatic carbocycles. The number of likely N-dealkylation sites (N-methyl/N-ethyl adjacent to an activating group) is 1. The van der Waals surface area contributed by atoms with Gasteiger partial charge in [-0.25, -0.2) is 0 Å². The highest BCUT2D eigenvalue weighted by atomic mass is 32.1. The second-order valence-corrected chi connectivity index (χ2v) is 5.10. The van der Waals surface area contributed by atoms with E-state index in [0.29, 0.717) is 12.1 Å². The molecule has 1 aromatic heterocycles. The molecule has 0 spiro atoms. The molecule has 92 valence electrons. The maximum absolute atomic E-state index is 4.11. The van der Waals surface area contributed by atoms with Crippen molar-refractivity contribution in [1.82, 2.24) is 15.2 Å². The number of thiazole rings is 1. The molecule has 16 heavy (non-hydrogen) atoms. The molecule has 0 amide bonds. The summed E-state index contributed by atoms with van der Waals surface area (Å²) in [5.41, 5.74) is 1.89. The second-order valence-electron chi connectivity index (χ2n) is 4.18. The van der Waals surface area contributed by atoms with Crippen LogP contribution in [-0.2, 0) is 0 Å². The monoisotopic (exact) mass is 241 g/mol. The van der Waals surface area contributed by atoms with Crippen molar-refractivity contribution in [3.8, 4) is 0 Å². The van der Waals surface area contributed by atoms with E-state index in [4.69, 9.17) is 0 Å². The van der Waals surface area contributed by atoms with Crippen molar-refractivity contribution in [2.24, 2.45) is 0 Å². The third-order valence-corrected chi connectivity index (χ3v) is 3.80. The predicted octanol–water partition coefficient (Wildman–Crippen LogP) is 2.52. The van der Waals surface area contributed by atoms with Gasteiger partial charge in [-0.1, -0.05) is 13.8 Å². The van der Waals surface area contributed by atoms with Gasteiger partial charge in [0.15, 0.2) is 0 Å². The summed E-state index contributed by atoms with van der Waals surface area (Å²) in [5.74, 6) is 0. The summed E-state index contributed by atoms with van der Waals surface area (Å²) in [7, 11) is 0. The highest BCUT2D eigenvalue weighted by Crippen LogP contribution is 2.16. The molecule has 2 unspecified atom stereocenters. The smallest absolute Gasteiger partial charge is 0.0794 e. The average molecular weight is 241 g/mol. The van der Waals surface area contributed by atoms with Crippen molar-refractivity contribution >= 4 is 11.3 Å². The topological polar surface area (TPSA) is 28.2 Å². The summed E-state index contributed by atoms with van der Waals surface area (Å²) >= 11 is 1.72. The summed E-state index contributed by atoms with van der Waals surface area (Å²) in [5, 5.41) is 3.61. The lowest BCUT2D eigenvalue weighted by Crippen LogP contribution is -2.40. The standard InChI is InChI=1S/C12H23N3S/c1-5-15(6-2)8-10(3)14-11(4)12-7-13-9-16-12/h7,9-11,14H,5-6,8H2,1-4H3. The lowest BCUT2D eigenvalue weighted by atomic mass is 10.2. The van der Waals surface area contributed by atoms with Crippen molar-refractivity contribution in [3.05, 3.63) is 16.6 Å². The third-order valence-electron chi connectivity index (χ3n) is 2.84. The Balaban J connectivity index is 2.36. The normalized spacial score (nSPS) is 15.3. The number of rotatable bonds is 7. The molecule has 2 atom stereocenters. The number of hydrogen-bond acceptors (Lipinski definition) is 4. The van der Waals surface area contributed by atoms with Crippen LogP contribution in [0.15, 0.2) is 11.7 Å². The fourth-order valence-corrected chi connectivity index (χ4v) is 2.51. The van der Waals surface area contributed by atoms with Crippen molar-refractivity contribution in [1.29, 1.82) is 0 Å². The third kappa shape index (κ3) is 4.20. The van der Waals surface area contributed by atoms with E-state index in [9.17, 15) is 0 Å². The Morgan fingerprint density at radius 3 is 2.56 bits per heavy atom. The van der Waals surface area contributed by atoms with Crippen LogP contribution in [0.4, 0.5) is 0 Å². The molecule has 0 aliphatic rings. The van der Waals surface area contributed by atoms with E-state index in [-0.39, 0.29) is 0 Å². The molecule has 4 heteroatoms. The molecular weight excluding hydrogens is 218 g/mol. The fourth-order valence-electron chi connectivity index (χ4n) is 1.87. The van der Waals surface area contributed by atoms with Crippen LogP contribution in [0.3, 0.4) is 0 Å². The molecule has 0 bridgehead atoms. The van der Waals surface area contributed by atoms with Gasteiger partial charge in [0.2, 0.25) is 0 Å². The van der Waals surface area contributed by atoms with Gasteiger partial charge in [-0.3, -0.25) is 4.98 Å². The van der Waals surface area contributed by atoms with Gasteiger partial charge in [-0.15, -0.1) is 11.3 Å². The Bertz CT molecular complexity index is 270. The molecule has 1 N–H and O–H groups in total. The summed E-state index contributed by atoms with van der Waals surface area (Å²) in [4.78, 5) is 7.86. The van der Waals surface area contributed by atoms with E-state index in [1.54, 1.807) is 11.3 Å². The molecule has 1 heterocycles. The summed E-state index contributed by atoms with van der Waals surface area (Å²) in [6.45, 7) is 12.2. The largest absolute Gasteiger partial charge is 0.306 e. The maximum Gasteiger partial charge on any atom is 0.0794 e. The first-order chi connectivity index (χ1) is 7.67. The summed E-state index contributed by atoms with van der Waals surface area (Å²) in [6.07, 6.45) is 1.95. The van der Waals surface area contributed by atoms with Crippen LogP contribution in [0, 0.1) is 0 Å². The quantitative estimate of drug-likeness (QED) is 0.795. The van der Waals surface area contributed by atoms with Crippen LogP contribution >= 0.6 is 11.3 Å². The molecule has 0 aromatic carbocycles. The molecule has 1 aromatic rings. The van der Waals surface area contributed by atoms with Crippen LogP contribution in [0.5, 0.6) is 0 Å². The van der Waals surface area contributed by atoms with E-state index in [1.807, 2.05) is 11.7 Å². The molecule has 0 fully saturated rings. The molecule has 3 nitrogen and oxygen atoms in total. The Hall–Kier alpha value is -0.450. The van der Waals surface area contributed by atoms with Crippen LogP contribution in [0.25, 0.3) is 0 Å². The highest BCUT2D eigenvalue weighted by molar-refractivity contribution is 7.09. The van der Waals surface area contributed by atoms with Gasteiger partial charge in [-0.2, -0.15) is 0 Å². The first-order valence-corrected chi connectivity index (χ1v) is 6.92. The van der Waals surface area contributed by atoms with Gasteiger partial charge in [0.25, 0.3) is 0 Å². The van der Waals surface area contributed by atoms with Gasteiger partial charge < -0.3 is 10.2 Å². The van der Waals surface area contributed by atoms with Crippen molar-refractivity contribution < 1.29 is 0 Å². The van der Waals surface area contributed by atoms with Crippen LogP contribution in [0.1, 0.15) is 38.6 Å². The first-order valence-electron chi connectivity index (χ1n) is 6.04. The van der Waals surface area contributed by atoms with Gasteiger partial charge in [-0.05, 0) is 26.9 Å². The summed E-state index contributed by atoms with van der Waals surface area (Å²) in [6, 6.07) is 0.912. The molecular formula is C12H23N3S. The predicted molar refractivity (Wildman–Crippen MR) is 70.9 cm³/mol. The minimum atomic E-state index is 0.401. The van der Waals surface area contributed by atoms with E-state index < -0.39 is 0 Å². The lowest BCUT2D eigenvalue weighted by molar-refractivity contribution is 0.264. The molecule has 0 saturated carbocycles. The van der Waals surface area contributed by atoms with Crippen molar-refractivity contribution in [2.75, 3.05) is 19.6 Å². The number of hydrogen-bond donors (Lipinski definition) is 1. The Kier molecular flexibility index (Phi) is 5.95. The van der Waals surface area contributed by atoms with Gasteiger partial charge in [0.1, 0.15) is 0 Å². The van der Waals surface area contributed by atoms with Gasteiger partial charge in [0, 0.05) is 29.7 Å². The SMILES string of the molecule is CCN(CC)CC(C)NC(C)c1cncs1. The zero-order valence-corrected chi connectivity index (χ0v) is 11.5. The molecule has 0 aliphatic heterocycles. The lowest BCUT2D eigenvalue weighted by Gasteiger charge is -2.25. The van der Waals surface area contributed by atoms with Crippen molar-refractivity contribution in [2.45, 2.75) is 39.8 Å². The fraction of sp³-hybridized carbons (Fsp3) is 0.750. The maximum atomic E-state index is 4.11. The zero-order valence-electron chi connectivity index (χ0n) is 10.7. The van der Waals surface area contributed by atoms with E-state index in [1.165, 1.54) is 4.88 Å². The minimum Gasteiger partial charge on any atom is -0.306 e. The number of nitrogens with one attached hydrogen (secondary N) is 1. The van der Waals surface area contributed by atoms with Gasteiger partial charge >= 0.3 is 0 Å². The minimum absolute atomic E-state index is 0.401. The summed E-state index contributed by atoms with van der Waals surface area (Å²) < 4.78 is 0. The van der Waals surface area contributed by atoms with Crippen LogP contribution in [-0.4, -0.2) is 35.6 Å². The zero-order chi connectivity index (χ0) is 12.0. The molecule has 0 radical (unpaired) electrons. The number of aromatic nitrogens is 1. The first kappa shape index (κ1) is 13.6. The highest BCUT2D eigenvalue weighted by Gasteiger charge is 2.12. The number of nitrogens with zero attached hydrogens (tertiary/aromatic N) is 2. The van der Waals surface area contributed by atoms with Crippen molar-refractivity contribution in [3.63, 3.8) is 0 Å². The van der Waals surface area contributed by atoms with Crippen LogP contribution in [0.2, 0.25) is 0 Å².